The number of nitrogens with one attached hydrogen (secondary N) is 1. The second-order valence-electron chi connectivity index (χ2n) is 6.94. The zero-order valence-corrected chi connectivity index (χ0v) is 19.6. The topological polar surface area (TPSA) is 102 Å². The predicted octanol–water partition coefficient (Wildman–Crippen LogP) is 3.61. The zero-order chi connectivity index (χ0) is 24.2. The molecule has 0 saturated carbocycles. The van der Waals surface area contributed by atoms with Gasteiger partial charge in [0.2, 0.25) is 10.0 Å². The van der Waals surface area contributed by atoms with Crippen molar-refractivity contribution in [2.45, 2.75) is 4.90 Å². The van der Waals surface area contributed by atoms with Gasteiger partial charge in [0.05, 0.1) is 17.7 Å². The summed E-state index contributed by atoms with van der Waals surface area (Å²) in [7, 11) is 0.437. The number of amides is 1. The number of halogens is 1. The first-order valence-electron chi connectivity index (χ1n) is 9.55. The van der Waals surface area contributed by atoms with E-state index in [9.17, 15) is 22.4 Å². The van der Waals surface area contributed by atoms with Gasteiger partial charge in [0.1, 0.15) is 16.4 Å². The molecule has 33 heavy (non-hydrogen) atoms. The molecule has 8 nitrogen and oxygen atoms in total. The summed E-state index contributed by atoms with van der Waals surface area (Å²) in [6.45, 7) is -0.587. The molecule has 3 aromatic rings. The first kappa shape index (κ1) is 24.4. The molecule has 0 aliphatic carbocycles. The summed E-state index contributed by atoms with van der Waals surface area (Å²) in [6.07, 6.45) is 0. The fraction of sp³-hybridized carbons (Fsp3) is 0.182. The average Bonchev–Trinajstić information content (AvgIpc) is 3.28. The van der Waals surface area contributed by atoms with Crippen molar-refractivity contribution in [2.24, 2.45) is 0 Å². The third-order valence-corrected chi connectivity index (χ3v) is 7.42. The third-order valence-electron chi connectivity index (χ3n) is 4.49. The predicted molar refractivity (Wildman–Crippen MR) is 122 cm³/mol. The van der Waals surface area contributed by atoms with Crippen LogP contribution in [0.3, 0.4) is 0 Å². The summed E-state index contributed by atoms with van der Waals surface area (Å²) in [4.78, 5) is 25.6. The Balaban J connectivity index is 1.66. The van der Waals surface area contributed by atoms with E-state index in [2.05, 4.69) is 5.32 Å². The number of sulfonamides is 1. The second-order valence-corrected chi connectivity index (χ2v) is 10.2. The molecule has 174 valence electrons. The molecular formula is C22H21FN2O6S2. The number of esters is 1. The largest absolute Gasteiger partial charge is 0.495 e. The van der Waals surface area contributed by atoms with Crippen LogP contribution in [0, 0.1) is 5.82 Å². The highest BCUT2D eigenvalue weighted by Gasteiger charge is 2.20. The highest BCUT2D eigenvalue weighted by atomic mass is 32.2. The Labute approximate surface area is 194 Å². The molecule has 0 aliphatic heterocycles. The Morgan fingerprint density at radius 2 is 1.76 bits per heavy atom. The molecule has 1 amide bonds. The number of carbonyl (C=O) groups excluding carboxylic acids is 2. The molecule has 0 spiro atoms. The van der Waals surface area contributed by atoms with Gasteiger partial charge in [0.15, 0.2) is 6.61 Å². The van der Waals surface area contributed by atoms with E-state index in [0.29, 0.717) is 0 Å². The smallest absolute Gasteiger partial charge is 0.348 e. The van der Waals surface area contributed by atoms with Crippen molar-refractivity contribution in [2.75, 3.05) is 33.1 Å². The van der Waals surface area contributed by atoms with Crippen LogP contribution in [0.2, 0.25) is 0 Å². The van der Waals surface area contributed by atoms with Crippen LogP contribution in [0.25, 0.3) is 10.4 Å². The molecule has 0 radical (unpaired) electrons. The molecule has 0 unspecified atom stereocenters. The number of rotatable bonds is 8. The van der Waals surface area contributed by atoms with Crippen molar-refractivity contribution in [1.29, 1.82) is 0 Å². The van der Waals surface area contributed by atoms with Crippen LogP contribution >= 0.6 is 11.3 Å². The van der Waals surface area contributed by atoms with Crippen LogP contribution in [0.5, 0.6) is 5.75 Å². The van der Waals surface area contributed by atoms with E-state index >= 15 is 0 Å². The van der Waals surface area contributed by atoms with Gasteiger partial charge in [0.25, 0.3) is 5.91 Å². The third kappa shape index (κ3) is 5.75. The van der Waals surface area contributed by atoms with Crippen molar-refractivity contribution in [3.63, 3.8) is 0 Å². The summed E-state index contributed by atoms with van der Waals surface area (Å²) in [5.41, 5.74) is 0.869. The minimum atomic E-state index is -3.72. The molecule has 1 N–H and O–H groups in total. The van der Waals surface area contributed by atoms with Crippen LogP contribution < -0.4 is 10.1 Å². The molecular weight excluding hydrogens is 471 g/mol. The molecule has 3 rings (SSSR count). The van der Waals surface area contributed by atoms with Gasteiger partial charge >= 0.3 is 5.97 Å². The Morgan fingerprint density at radius 1 is 1.06 bits per heavy atom. The minimum Gasteiger partial charge on any atom is -0.495 e. The van der Waals surface area contributed by atoms with Gasteiger partial charge in [-0.2, -0.15) is 0 Å². The summed E-state index contributed by atoms with van der Waals surface area (Å²) in [5.74, 6) is -1.48. The molecule has 1 aromatic heterocycles. The van der Waals surface area contributed by atoms with E-state index in [1.54, 1.807) is 24.3 Å². The van der Waals surface area contributed by atoms with E-state index in [1.165, 1.54) is 51.5 Å². The maximum Gasteiger partial charge on any atom is 0.348 e. The van der Waals surface area contributed by atoms with Crippen molar-refractivity contribution in [1.82, 2.24) is 4.31 Å². The Hall–Kier alpha value is -3.28. The van der Waals surface area contributed by atoms with Gasteiger partial charge in [-0.05, 0) is 48.0 Å². The van der Waals surface area contributed by atoms with Gasteiger partial charge in [-0.15, -0.1) is 11.3 Å². The van der Waals surface area contributed by atoms with Crippen LogP contribution in [0.1, 0.15) is 9.67 Å². The summed E-state index contributed by atoms with van der Waals surface area (Å²) >= 11 is 1.15. The van der Waals surface area contributed by atoms with Crippen LogP contribution in [0.4, 0.5) is 10.1 Å². The number of benzene rings is 2. The second kappa shape index (κ2) is 10.1. The Kier molecular flexibility index (Phi) is 7.46. The number of hydrogen-bond acceptors (Lipinski definition) is 7. The number of ether oxygens (including phenoxy) is 2. The highest BCUT2D eigenvalue weighted by Crippen LogP contribution is 2.30. The van der Waals surface area contributed by atoms with Crippen LogP contribution in [-0.4, -0.2) is 52.4 Å². The molecule has 11 heteroatoms. The number of hydrogen-bond donors (Lipinski definition) is 1. The molecule has 0 aliphatic rings. The maximum absolute atomic E-state index is 13.1. The monoisotopic (exact) mass is 492 g/mol. The lowest BCUT2D eigenvalue weighted by Gasteiger charge is -2.15. The molecule has 2 aromatic carbocycles. The van der Waals surface area contributed by atoms with E-state index in [0.717, 1.165) is 26.1 Å². The first-order chi connectivity index (χ1) is 15.6. The standard InChI is InChI=1S/C22H21FN2O6S2/c1-25(2)33(28,29)16-8-9-18(30-3)17(12-16)24-21(26)13-31-22(27)20-11-10-19(32-20)14-4-6-15(23)7-5-14/h4-12H,13H2,1-3H3,(H,24,26). The molecule has 0 fully saturated rings. The number of carbonyl (C=O) groups is 2. The lowest BCUT2D eigenvalue weighted by Crippen LogP contribution is -2.23. The van der Waals surface area contributed by atoms with Crippen LogP contribution in [-0.2, 0) is 19.6 Å². The number of nitrogens with zero attached hydrogens (tertiary/aromatic N) is 1. The SMILES string of the molecule is COc1ccc(S(=O)(=O)N(C)C)cc1NC(=O)COC(=O)c1ccc(-c2ccc(F)cc2)s1. The summed E-state index contributed by atoms with van der Waals surface area (Å²) < 4.78 is 49.1. The van der Waals surface area contributed by atoms with Crippen LogP contribution in [0.15, 0.2) is 59.5 Å². The number of anilines is 1. The van der Waals surface area contributed by atoms with Gasteiger partial charge in [0, 0.05) is 19.0 Å². The Bertz CT molecular complexity index is 1270. The van der Waals surface area contributed by atoms with Gasteiger partial charge in [-0.3, -0.25) is 4.79 Å². The van der Waals surface area contributed by atoms with E-state index in [-0.39, 0.29) is 27.0 Å². The van der Waals surface area contributed by atoms with E-state index < -0.39 is 28.5 Å². The lowest BCUT2D eigenvalue weighted by molar-refractivity contribution is -0.119. The summed E-state index contributed by atoms with van der Waals surface area (Å²) in [6, 6.07) is 13.2. The normalized spacial score (nSPS) is 11.3. The maximum atomic E-state index is 13.1. The quantitative estimate of drug-likeness (QED) is 0.482. The van der Waals surface area contributed by atoms with Gasteiger partial charge in [-0.1, -0.05) is 12.1 Å². The van der Waals surface area contributed by atoms with Crippen molar-refractivity contribution in [3.8, 4) is 16.2 Å². The number of thiophene rings is 1. The molecule has 1 heterocycles. The average molecular weight is 493 g/mol. The molecule has 0 saturated heterocycles. The first-order valence-corrected chi connectivity index (χ1v) is 11.8. The molecule has 0 atom stereocenters. The fourth-order valence-electron chi connectivity index (χ4n) is 2.76. The Morgan fingerprint density at radius 3 is 2.39 bits per heavy atom. The van der Waals surface area contributed by atoms with Gasteiger partial charge in [-0.25, -0.2) is 21.9 Å². The molecule has 0 bridgehead atoms. The minimum absolute atomic E-state index is 0.0347. The van der Waals surface area contributed by atoms with Crippen molar-refractivity contribution in [3.05, 3.63) is 65.3 Å². The van der Waals surface area contributed by atoms with Crippen molar-refractivity contribution >= 4 is 38.9 Å². The van der Waals surface area contributed by atoms with Gasteiger partial charge < -0.3 is 14.8 Å². The number of methoxy groups -OCH3 is 1. The van der Waals surface area contributed by atoms with Crippen molar-refractivity contribution < 1.29 is 31.9 Å². The zero-order valence-electron chi connectivity index (χ0n) is 18.0. The van der Waals surface area contributed by atoms with E-state index in [4.69, 9.17) is 9.47 Å². The fourth-order valence-corrected chi connectivity index (χ4v) is 4.60. The lowest BCUT2D eigenvalue weighted by atomic mass is 10.2. The van der Waals surface area contributed by atoms with E-state index in [1.807, 2.05) is 0 Å². The highest BCUT2D eigenvalue weighted by molar-refractivity contribution is 7.89. The summed E-state index contributed by atoms with van der Waals surface area (Å²) in [5, 5.41) is 2.50.